The lowest BCUT2D eigenvalue weighted by Gasteiger charge is -2.24. The van der Waals surface area contributed by atoms with Gasteiger partial charge in [-0.05, 0) is 24.6 Å². The number of hydrogen-bond donors (Lipinski definition) is 0. The summed E-state index contributed by atoms with van der Waals surface area (Å²) in [5, 5.41) is 4.10. The Hall–Kier alpha value is -3.10. The number of hydrogen-bond acceptors (Lipinski definition) is 6. The number of methoxy groups -OCH3 is 1. The maximum atomic E-state index is 13.5. The number of esters is 1. The molecule has 0 unspecified atom stereocenters. The molecule has 130 valence electrons. The highest BCUT2D eigenvalue weighted by Gasteiger charge is 2.18. The second kappa shape index (κ2) is 6.80. The van der Waals surface area contributed by atoms with Crippen LogP contribution >= 0.6 is 0 Å². The van der Waals surface area contributed by atoms with E-state index < -0.39 is 17.6 Å². The van der Waals surface area contributed by atoms with Crippen molar-refractivity contribution in [3.63, 3.8) is 0 Å². The zero-order valence-electron chi connectivity index (χ0n) is 13.6. The summed E-state index contributed by atoms with van der Waals surface area (Å²) in [5.74, 6) is -1.45. The number of benzene rings is 1. The van der Waals surface area contributed by atoms with Crippen LogP contribution in [-0.4, -0.2) is 39.2 Å². The van der Waals surface area contributed by atoms with Gasteiger partial charge < -0.3 is 9.64 Å². The molecule has 2 aromatic heterocycles. The van der Waals surface area contributed by atoms with Crippen molar-refractivity contribution in [3.05, 3.63) is 53.5 Å². The fourth-order valence-electron chi connectivity index (χ4n) is 2.43. The fourth-order valence-corrected chi connectivity index (χ4v) is 2.43. The van der Waals surface area contributed by atoms with Crippen molar-refractivity contribution >= 4 is 17.6 Å². The number of nitrogens with zero attached hydrogens (tertiary/aromatic N) is 5. The molecule has 7 nitrogen and oxygen atoms in total. The van der Waals surface area contributed by atoms with Gasteiger partial charge in [0.25, 0.3) is 5.78 Å². The van der Waals surface area contributed by atoms with Crippen LogP contribution < -0.4 is 4.90 Å². The molecule has 0 N–H and O–H groups in total. The number of ether oxygens (including phenoxy) is 1. The van der Waals surface area contributed by atoms with Crippen LogP contribution in [0, 0.1) is 18.6 Å². The Morgan fingerprint density at radius 1 is 1.28 bits per heavy atom. The van der Waals surface area contributed by atoms with Crippen LogP contribution in [0.25, 0.3) is 5.78 Å². The largest absolute Gasteiger partial charge is 0.468 e. The van der Waals surface area contributed by atoms with Gasteiger partial charge in [0, 0.05) is 18.3 Å². The third-order valence-corrected chi connectivity index (χ3v) is 3.59. The SMILES string of the molecule is COC(=O)CN(Cc1ccc(F)c(F)c1)c1cc(C)nc2ncnn12. The first-order valence-electron chi connectivity index (χ1n) is 7.41. The van der Waals surface area contributed by atoms with E-state index in [9.17, 15) is 13.6 Å². The van der Waals surface area contributed by atoms with Gasteiger partial charge in [-0.25, -0.2) is 13.8 Å². The lowest BCUT2D eigenvalue weighted by atomic mass is 10.2. The molecule has 9 heteroatoms. The Morgan fingerprint density at radius 2 is 2.08 bits per heavy atom. The number of aryl methyl sites for hydroxylation is 1. The summed E-state index contributed by atoms with van der Waals surface area (Å²) >= 11 is 0. The number of fused-ring (bicyclic) bond motifs is 1. The number of carbonyl (C=O) groups is 1. The lowest BCUT2D eigenvalue weighted by molar-refractivity contribution is -0.139. The van der Waals surface area contributed by atoms with Crippen LogP contribution in [0.15, 0.2) is 30.6 Å². The maximum Gasteiger partial charge on any atom is 0.325 e. The van der Waals surface area contributed by atoms with E-state index in [-0.39, 0.29) is 13.1 Å². The first-order chi connectivity index (χ1) is 12.0. The molecular weight excluding hydrogens is 332 g/mol. The van der Waals surface area contributed by atoms with Crippen molar-refractivity contribution in [2.75, 3.05) is 18.6 Å². The lowest BCUT2D eigenvalue weighted by Crippen LogP contribution is -2.32. The summed E-state index contributed by atoms with van der Waals surface area (Å²) in [6.07, 6.45) is 1.35. The van der Waals surface area contributed by atoms with Crippen molar-refractivity contribution in [1.29, 1.82) is 0 Å². The van der Waals surface area contributed by atoms with E-state index in [1.807, 2.05) is 0 Å². The van der Waals surface area contributed by atoms with Gasteiger partial charge in [0.15, 0.2) is 11.6 Å². The standard InChI is InChI=1S/C16H15F2N5O2/c1-10-5-14(23-16(21-10)19-9-20-23)22(8-15(24)25-2)7-11-3-4-12(17)13(18)6-11/h3-6,9H,7-8H2,1-2H3. The van der Waals surface area contributed by atoms with E-state index in [0.717, 1.165) is 12.1 Å². The summed E-state index contributed by atoms with van der Waals surface area (Å²) in [6.45, 7) is 1.82. The smallest absolute Gasteiger partial charge is 0.325 e. The molecule has 0 saturated heterocycles. The molecule has 0 saturated carbocycles. The normalized spacial score (nSPS) is 10.9. The number of anilines is 1. The molecule has 25 heavy (non-hydrogen) atoms. The third-order valence-electron chi connectivity index (χ3n) is 3.59. The summed E-state index contributed by atoms with van der Waals surface area (Å²) in [6, 6.07) is 5.32. The van der Waals surface area contributed by atoms with Gasteiger partial charge in [-0.3, -0.25) is 4.79 Å². The molecular formula is C16H15F2N5O2. The quantitative estimate of drug-likeness (QED) is 0.657. The molecule has 0 aliphatic carbocycles. The number of carbonyl (C=O) groups excluding carboxylic acids is 1. The third kappa shape index (κ3) is 3.54. The molecule has 1 aromatic carbocycles. The van der Waals surface area contributed by atoms with Crippen LogP contribution in [0.2, 0.25) is 0 Å². The van der Waals surface area contributed by atoms with E-state index in [4.69, 9.17) is 4.74 Å². The fraction of sp³-hybridized carbons (Fsp3) is 0.250. The first kappa shape index (κ1) is 16.7. The van der Waals surface area contributed by atoms with Gasteiger partial charge in [-0.1, -0.05) is 6.07 Å². The van der Waals surface area contributed by atoms with E-state index in [1.165, 1.54) is 24.0 Å². The van der Waals surface area contributed by atoms with Gasteiger partial charge in [0.05, 0.1) is 7.11 Å². The molecule has 3 aromatic rings. The van der Waals surface area contributed by atoms with E-state index in [0.29, 0.717) is 22.9 Å². The second-order valence-corrected chi connectivity index (χ2v) is 5.41. The van der Waals surface area contributed by atoms with Gasteiger partial charge in [-0.2, -0.15) is 14.6 Å². The molecule has 0 atom stereocenters. The highest BCUT2D eigenvalue weighted by atomic mass is 19.2. The predicted molar refractivity (Wildman–Crippen MR) is 84.9 cm³/mol. The van der Waals surface area contributed by atoms with E-state index >= 15 is 0 Å². The van der Waals surface area contributed by atoms with Gasteiger partial charge >= 0.3 is 5.97 Å². The van der Waals surface area contributed by atoms with Crippen LogP contribution in [-0.2, 0) is 16.1 Å². The topological polar surface area (TPSA) is 72.6 Å². The zero-order chi connectivity index (χ0) is 18.0. The molecule has 2 heterocycles. The summed E-state index contributed by atoms with van der Waals surface area (Å²) in [5.41, 5.74) is 1.17. The molecule has 0 aliphatic rings. The minimum atomic E-state index is -0.952. The average molecular weight is 347 g/mol. The molecule has 0 amide bonds. The molecule has 3 rings (SSSR count). The van der Waals surface area contributed by atoms with Gasteiger partial charge in [-0.15, -0.1) is 0 Å². The molecule has 0 spiro atoms. The highest BCUT2D eigenvalue weighted by molar-refractivity contribution is 5.75. The zero-order valence-corrected chi connectivity index (χ0v) is 13.6. The summed E-state index contributed by atoms with van der Waals surface area (Å²) < 4.78 is 32.9. The summed E-state index contributed by atoms with van der Waals surface area (Å²) in [4.78, 5) is 21.7. The van der Waals surface area contributed by atoms with Crippen molar-refractivity contribution in [1.82, 2.24) is 19.6 Å². The summed E-state index contributed by atoms with van der Waals surface area (Å²) in [7, 11) is 1.28. The van der Waals surface area contributed by atoms with Crippen molar-refractivity contribution in [2.45, 2.75) is 13.5 Å². The Labute approximate surface area is 141 Å². The Morgan fingerprint density at radius 3 is 2.80 bits per heavy atom. The Bertz CT molecular complexity index is 928. The van der Waals surface area contributed by atoms with Crippen LogP contribution in [0.4, 0.5) is 14.6 Å². The Balaban J connectivity index is 2.02. The highest BCUT2D eigenvalue weighted by Crippen LogP contribution is 2.20. The molecule has 0 aliphatic heterocycles. The second-order valence-electron chi connectivity index (χ2n) is 5.41. The Kier molecular flexibility index (Phi) is 4.55. The van der Waals surface area contributed by atoms with Crippen molar-refractivity contribution in [2.24, 2.45) is 0 Å². The minimum absolute atomic E-state index is 0.103. The monoisotopic (exact) mass is 347 g/mol. The number of rotatable bonds is 5. The van der Waals surface area contributed by atoms with Gasteiger partial charge in [0.2, 0.25) is 0 Å². The number of aromatic nitrogens is 4. The molecule has 0 radical (unpaired) electrons. The first-order valence-corrected chi connectivity index (χ1v) is 7.41. The van der Waals surface area contributed by atoms with Crippen molar-refractivity contribution < 1.29 is 18.3 Å². The molecule has 0 fully saturated rings. The predicted octanol–water partition coefficient (Wildman–Crippen LogP) is 1.89. The van der Waals surface area contributed by atoms with E-state index in [1.54, 1.807) is 17.9 Å². The molecule has 0 bridgehead atoms. The van der Waals surface area contributed by atoms with Crippen LogP contribution in [0.1, 0.15) is 11.3 Å². The van der Waals surface area contributed by atoms with Crippen LogP contribution in [0.5, 0.6) is 0 Å². The average Bonchev–Trinajstić information content (AvgIpc) is 3.04. The van der Waals surface area contributed by atoms with Crippen molar-refractivity contribution in [3.8, 4) is 0 Å². The van der Waals surface area contributed by atoms with E-state index in [2.05, 4.69) is 15.1 Å². The van der Waals surface area contributed by atoms with Gasteiger partial charge in [0.1, 0.15) is 18.7 Å². The maximum absolute atomic E-state index is 13.5. The van der Waals surface area contributed by atoms with Crippen LogP contribution in [0.3, 0.4) is 0 Å². The number of halogens is 2. The minimum Gasteiger partial charge on any atom is -0.468 e.